The fraction of sp³-hybridized carbons (Fsp3) is 0.842. The van der Waals surface area contributed by atoms with Crippen molar-refractivity contribution in [2.24, 2.45) is 118 Å². The van der Waals surface area contributed by atoms with Gasteiger partial charge in [0.05, 0.1) is 0 Å². The second kappa shape index (κ2) is 21.7. The van der Waals surface area contributed by atoms with Gasteiger partial charge in [-0.25, -0.2) is 0 Å². The molecule has 26 unspecified atom stereocenters. The monoisotopic (exact) mass is 1070 g/mol. The van der Waals surface area contributed by atoms with Gasteiger partial charge in [-0.3, -0.25) is 14.7 Å². The van der Waals surface area contributed by atoms with Crippen LogP contribution in [0.5, 0.6) is 0 Å². The molecule has 0 spiro atoms. The lowest BCUT2D eigenvalue weighted by molar-refractivity contribution is -0.111. The zero-order chi connectivity index (χ0) is 51.7. The number of allylic oxidation sites excluding steroid dienone is 9. The third-order valence-electron chi connectivity index (χ3n) is 29.6. The highest BCUT2D eigenvalue weighted by atomic mass is 15.3. The molecular weight excluding hydrogens is 955 g/mol. The van der Waals surface area contributed by atoms with Gasteiger partial charge in [-0.2, -0.15) is 0 Å². The molecule has 0 aromatic heterocycles. The summed E-state index contributed by atoms with van der Waals surface area (Å²) in [5.41, 5.74) is 0. The molecule has 0 aromatic carbocycles. The largest absolute Gasteiger partial charge is 0.294 e. The van der Waals surface area contributed by atoms with Crippen LogP contribution >= 0.6 is 0 Å². The Kier molecular flexibility index (Phi) is 14.2. The normalized spacial score (nSPS) is 52.4. The minimum atomic E-state index is 0.714. The van der Waals surface area contributed by atoms with Gasteiger partial charge in [0.1, 0.15) is 0 Å². The van der Waals surface area contributed by atoms with E-state index in [1.165, 1.54) is 218 Å². The van der Waals surface area contributed by atoms with Crippen molar-refractivity contribution < 1.29 is 0 Å². The van der Waals surface area contributed by atoms with Crippen LogP contribution < -0.4 is 0 Å². The van der Waals surface area contributed by atoms with Crippen LogP contribution in [-0.2, 0) is 0 Å². The van der Waals surface area contributed by atoms with Gasteiger partial charge in [-0.15, -0.1) is 0 Å². The summed E-state index contributed by atoms with van der Waals surface area (Å²) in [6.07, 6.45) is 86.4. The average molecular weight is 1070 g/mol. The Morgan fingerprint density at radius 2 is 0.506 bits per heavy atom. The second-order valence-corrected chi connectivity index (χ2v) is 32.6. The first-order valence-electron chi connectivity index (χ1n) is 36.6. The van der Waals surface area contributed by atoms with E-state index in [1.807, 2.05) is 0 Å². The molecule has 11 saturated carbocycles. The first-order chi connectivity index (χ1) is 39.2. The molecule has 0 N–H and O–H groups in total. The van der Waals surface area contributed by atoms with Crippen LogP contribution in [0.15, 0.2) is 72.9 Å². The van der Waals surface area contributed by atoms with Gasteiger partial charge in [-0.05, 0) is 260 Å². The molecule has 17 aliphatic rings. The third-order valence-corrected chi connectivity index (χ3v) is 29.6. The molecule has 0 heterocycles. The highest BCUT2D eigenvalue weighted by molar-refractivity contribution is 5.25. The number of fused-ring (bicyclic) bond motifs is 1. The Hall–Kier alpha value is -1.68. The summed E-state index contributed by atoms with van der Waals surface area (Å²) in [6.45, 7) is 0. The second-order valence-electron chi connectivity index (χ2n) is 32.6. The molecule has 0 bridgehead atoms. The van der Waals surface area contributed by atoms with Gasteiger partial charge in [0, 0.05) is 54.4 Å². The molecular formula is C76H111N3. The SMILES string of the molecule is C1=CC2CCC(N(C3CCCCC3)C3CC(N(C4CCCCC4)C4CCC5C=CC6CCCC7C=CC4C5C67)CC(N(C4CCC5CCCCC5C4)C4CCC5C=CC6CCCC7C=CC4C5C67)C3)C3C=CC4CCCC1C4C23. The summed E-state index contributed by atoms with van der Waals surface area (Å²) in [6, 6.07) is 6.74. The quantitative estimate of drug-likeness (QED) is 0.213. The summed E-state index contributed by atoms with van der Waals surface area (Å²) in [4.78, 5) is 10.8. The van der Waals surface area contributed by atoms with Gasteiger partial charge in [-0.1, -0.05) is 156 Å². The molecule has 430 valence electrons. The Bertz CT molecular complexity index is 2240. The standard InChI is InChI=1S/C76H111N3/c1-3-20-59(21-4-1)77(68-41-34-55-27-24-49-14-9-17-52-31-38-65(68)74(55)71(49)52)62-45-63(78(60-22-5-2-6-23-60)69-42-35-56-28-25-50-15-10-18-53-32-39-66(69)75(56)72(50)53)47-64(46-62)79(61-37-30-48-12-7-8-13-58(48)44-61)70-43-36-57-29-26-51-16-11-19-54-33-40-67(70)76(57)73(51)54/h24-29,31-33,38-40,48-76H,1-23,30,34-37,41-47H2. The summed E-state index contributed by atoms with van der Waals surface area (Å²) >= 11 is 0. The van der Waals surface area contributed by atoms with Crippen LogP contribution in [0.3, 0.4) is 0 Å². The van der Waals surface area contributed by atoms with Crippen molar-refractivity contribution in [3.8, 4) is 0 Å². The Morgan fingerprint density at radius 1 is 0.190 bits per heavy atom. The van der Waals surface area contributed by atoms with Crippen LogP contribution in [-0.4, -0.2) is 69.1 Å². The number of rotatable bonds is 9. The van der Waals surface area contributed by atoms with E-state index in [2.05, 4.69) is 87.6 Å². The van der Waals surface area contributed by atoms with Crippen molar-refractivity contribution >= 4 is 0 Å². The number of hydrogen-bond donors (Lipinski definition) is 0. The molecule has 0 aliphatic heterocycles. The smallest absolute Gasteiger partial charge is 0.0167 e. The lowest BCUT2D eigenvalue weighted by Gasteiger charge is -2.63. The summed E-state index contributed by atoms with van der Waals surface area (Å²) in [5, 5.41) is 0. The average Bonchev–Trinajstić information content (AvgIpc) is 3.70. The van der Waals surface area contributed by atoms with Crippen LogP contribution in [0.1, 0.15) is 225 Å². The fourth-order valence-corrected chi connectivity index (χ4v) is 26.9. The fourth-order valence-electron chi connectivity index (χ4n) is 26.9. The van der Waals surface area contributed by atoms with E-state index in [-0.39, 0.29) is 0 Å². The predicted molar refractivity (Wildman–Crippen MR) is 326 cm³/mol. The van der Waals surface area contributed by atoms with Crippen molar-refractivity contribution in [3.63, 3.8) is 0 Å². The van der Waals surface area contributed by atoms with Crippen molar-refractivity contribution in [2.45, 2.75) is 279 Å². The summed E-state index contributed by atoms with van der Waals surface area (Å²) < 4.78 is 0. The van der Waals surface area contributed by atoms with E-state index in [1.54, 1.807) is 6.42 Å². The Labute approximate surface area is 482 Å². The molecule has 0 aromatic rings. The first-order valence-corrected chi connectivity index (χ1v) is 36.6. The van der Waals surface area contributed by atoms with Crippen LogP contribution in [0.2, 0.25) is 0 Å². The molecule has 3 nitrogen and oxygen atoms in total. The number of hydrogen-bond acceptors (Lipinski definition) is 3. The van der Waals surface area contributed by atoms with E-state index >= 15 is 0 Å². The Morgan fingerprint density at radius 3 is 0.886 bits per heavy atom. The zero-order valence-electron chi connectivity index (χ0n) is 49.8. The zero-order valence-corrected chi connectivity index (χ0v) is 49.8. The molecule has 17 rings (SSSR count). The van der Waals surface area contributed by atoms with E-state index in [0.717, 1.165) is 155 Å². The van der Waals surface area contributed by atoms with E-state index < -0.39 is 0 Å². The first kappa shape index (κ1) is 51.7. The highest BCUT2D eigenvalue weighted by Crippen LogP contribution is 2.62. The molecule has 0 radical (unpaired) electrons. The maximum atomic E-state index is 3.63. The lowest BCUT2D eigenvalue weighted by Crippen LogP contribution is -2.67. The molecule has 17 aliphatic carbocycles. The molecule has 11 fully saturated rings. The molecule has 3 heteroatoms. The molecule has 0 saturated heterocycles. The van der Waals surface area contributed by atoms with Crippen molar-refractivity contribution in [2.75, 3.05) is 0 Å². The maximum Gasteiger partial charge on any atom is 0.0167 e. The van der Waals surface area contributed by atoms with E-state index in [9.17, 15) is 0 Å². The number of nitrogens with zero attached hydrogens (tertiary/aromatic N) is 3. The van der Waals surface area contributed by atoms with Crippen LogP contribution in [0, 0.1) is 118 Å². The van der Waals surface area contributed by atoms with Gasteiger partial charge < -0.3 is 0 Å². The van der Waals surface area contributed by atoms with Gasteiger partial charge in [0.2, 0.25) is 0 Å². The molecule has 26 atom stereocenters. The van der Waals surface area contributed by atoms with Crippen molar-refractivity contribution in [3.05, 3.63) is 72.9 Å². The van der Waals surface area contributed by atoms with Crippen LogP contribution in [0.25, 0.3) is 0 Å². The van der Waals surface area contributed by atoms with Gasteiger partial charge in [0.15, 0.2) is 0 Å². The third kappa shape index (κ3) is 8.93. The minimum Gasteiger partial charge on any atom is -0.294 e. The summed E-state index contributed by atoms with van der Waals surface area (Å²) in [5.74, 6) is 17.3. The van der Waals surface area contributed by atoms with E-state index in [0.29, 0.717) is 18.1 Å². The van der Waals surface area contributed by atoms with Gasteiger partial charge in [0.25, 0.3) is 0 Å². The molecule has 79 heavy (non-hydrogen) atoms. The maximum absolute atomic E-state index is 3.63. The Balaban J connectivity index is 0.799. The topological polar surface area (TPSA) is 9.72 Å². The van der Waals surface area contributed by atoms with Gasteiger partial charge >= 0.3 is 0 Å². The van der Waals surface area contributed by atoms with Crippen LogP contribution in [0.4, 0.5) is 0 Å². The van der Waals surface area contributed by atoms with Crippen molar-refractivity contribution in [1.82, 2.24) is 14.7 Å². The lowest BCUT2D eigenvalue weighted by atomic mass is 9.50. The minimum absolute atomic E-state index is 0.714. The summed E-state index contributed by atoms with van der Waals surface area (Å²) in [7, 11) is 0. The highest BCUT2D eigenvalue weighted by Gasteiger charge is 2.59. The predicted octanol–water partition coefficient (Wildman–Crippen LogP) is 17.8. The van der Waals surface area contributed by atoms with E-state index in [4.69, 9.17) is 0 Å². The van der Waals surface area contributed by atoms with Crippen molar-refractivity contribution in [1.29, 1.82) is 0 Å². The molecule has 0 amide bonds.